The van der Waals surface area contributed by atoms with Gasteiger partial charge in [0.2, 0.25) is 5.91 Å². The van der Waals surface area contributed by atoms with Gasteiger partial charge in [-0.15, -0.1) is 0 Å². The molecule has 1 aromatic heterocycles. The van der Waals surface area contributed by atoms with Gasteiger partial charge in [-0.3, -0.25) is 9.36 Å². The normalized spacial score (nSPS) is 9.86. The first kappa shape index (κ1) is 14.9. The summed E-state index contributed by atoms with van der Waals surface area (Å²) >= 11 is 0. The van der Waals surface area contributed by atoms with Crippen molar-refractivity contribution in [1.82, 2.24) is 4.57 Å². The molecule has 0 atom stereocenters. The van der Waals surface area contributed by atoms with Crippen molar-refractivity contribution in [2.45, 2.75) is 20.8 Å². The van der Waals surface area contributed by atoms with Gasteiger partial charge in [-0.05, 0) is 18.2 Å². The van der Waals surface area contributed by atoms with Crippen LogP contribution in [0.3, 0.4) is 0 Å². The predicted molar refractivity (Wildman–Crippen MR) is 89.3 cm³/mol. The summed E-state index contributed by atoms with van der Waals surface area (Å²) in [6.07, 6.45) is 1.85. The molecule has 3 aromatic rings. The van der Waals surface area contributed by atoms with Crippen LogP contribution in [0.2, 0.25) is 0 Å². The number of nitrogens with one attached hydrogen (secondary N) is 1. The zero-order chi connectivity index (χ0) is 15.2. The van der Waals surface area contributed by atoms with Gasteiger partial charge in [-0.25, -0.2) is 0 Å². The highest BCUT2D eigenvalue weighted by atomic mass is 16.1. The number of hydrogen-bond donors (Lipinski definition) is 1. The van der Waals surface area contributed by atoms with E-state index in [9.17, 15) is 4.79 Å². The third-order valence-electron chi connectivity index (χ3n) is 3.10. The van der Waals surface area contributed by atoms with Crippen LogP contribution in [0, 0.1) is 0 Å². The van der Waals surface area contributed by atoms with Crippen LogP contribution in [0.1, 0.15) is 25.6 Å². The molecule has 3 heteroatoms. The molecular formula is C18H20N2O. The first-order chi connectivity index (χ1) is 10.3. The molecule has 0 aliphatic carbocycles. The van der Waals surface area contributed by atoms with Gasteiger partial charge in [0.25, 0.3) is 0 Å². The summed E-state index contributed by atoms with van der Waals surface area (Å²) in [6, 6.07) is 17.8. The maximum absolute atomic E-state index is 11.7. The molecule has 3 rings (SSSR count). The second-order valence-electron chi connectivity index (χ2n) is 4.44. The van der Waals surface area contributed by atoms with Gasteiger partial charge in [0.15, 0.2) is 0 Å². The van der Waals surface area contributed by atoms with Crippen LogP contribution in [0.5, 0.6) is 0 Å². The largest absolute Gasteiger partial charge is 0.354 e. The molecule has 1 heterocycles. The quantitative estimate of drug-likeness (QED) is 0.711. The molecule has 21 heavy (non-hydrogen) atoms. The first-order valence-corrected chi connectivity index (χ1v) is 7.19. The average molecular weight is 280 g/mol. The Hall–Kier alpha value is -2.55. The van der Waals surface area contributed by atoms with E-state index in [4.69, 9.17) is 0 Å². The summed E-state index contributed by atoms with van der Waals surface area (Å²) in [5, 5.41) is 4.39. The van der Waals surface area contributed by atoms with Gasteiger partial charge >= 0.3 is 0 Å². The van der Waals surface area contributed by atoms with Crippen molar-refractivity contribution in [1.29, 1.82) is 0 Å². The minimum absolute atomic E-state index is 0.0114. The molecule has 0 saturated carbocycles. The molecule has 0 amide bonds. The number of nitrogens with zero attached hydrogens (tertiary/aromatic N) is 1. The molecular weight excluding hydrogens is 260 g/mol. The molecule has 0 aliphatic rings. The number of aromatic nitrogens is 1. The highest BCUT2D eigenvalue weighted by Gasteiger charge is 2.10. The number of benzene rings is 2. The van der Waals surface area contributed by atoms with Crippen molar-refractivity contribution in [3.63, 3.8) is 0 Å². The molecule has 0 fully saturated rings. The smallest absolute Gasteiger partial charge is 0.228 e. The summed E-state index contributed by atoms with van der Waals surface area (Å²) in [5.74, 6) is 0.0114. The molecule has 0 aliphatic heterocycles. The van der Waals surface area contributed by atoms with E-state index < -0.39 is 0 Å². The number of carbonyl (C=O) groups is 1. The SMILES string of the molecule is CC.CC(=O)n1cc(Nc2ccccc2)c2ccccc21. The van der Waals surface area contributed by atoms with E-state index in [0.29, 0.717) is 0 Å². The minimum atomic E-state index is 0.0114. The molecule has 0 radical (unpaired) electrons. The number of rotatable bonds is 2. The second kappa shape index (κ2) is 6.75. The monoisotopic (exact) mass is 280 g/mol. The van der Waals surface area contributed by atoms with Crippen LogP contribution in [0.25, 0.3) is 10.9 Å². The highest BCUT2D eigenvalue weighted by Crippen LogP contribution is 2.28. The molecule has 108 valence electrons. The molecule has 0 saturated heterocycles. The zero-order valence-corrected chi connectivity index (χ0v) is 12.6. The summed E-state index contributed by atoms with van der Waals surface area (Å²) < 4.78 is 1.67. The maximum atomic E-state index is 11.7. The number of anilines is 2. The maximum Gasteiger partial charge on any atom is 0.228 e. The molecule has 3 nitrogen and oxygen atoms in total. The Morgan fingerprint density at radius 3 is 2.24 bits per heavy atom. The third-order valence-corrected chi connectivity index (χ3v) is 3.10. The van der Waals surface area contributed by atoms with Gasteiger partial charge in [-0.2, -0.15) is 0 Å². The summed E-state index contributed by atoms with van der Waals surface area (Å²) in [7, 11) is 0. The Kier molecular flexibility index (Phi) is 4.77. The lowest BCUT2D eigenvalue weighted by Gasteiger charge is -2.03. The Labute approximate surface area is 125 Å². The number of para-hydroxylation sites is 2. The molecule has 0 unspecified atom stereocenters. The highest BCUT2D eigenvalue weighted by molar-refractivity contribution is 6.00. The lowest BCUT2D eigenvalue weighted by atomic mass is 10.2. The molecule has 1 N–H and O–H groups in total. The van der Waals surface area contributed by atoms with E-state index in [-0.39, 0.29) is 5.91 Å². The van der Waals surface area contributed by atoms with E-state index >= 15 is 0 Å². The minimum Gasteiger partial charge on any atom is -0.354 e. The van der Waals surface area contributed by atoms with E-state index in [2.05, 4.69) is 5.32 Å². The van der Waals surface area contributed by atoms with Crippen molar-refractivity contribution in [3.8, 4) is 0 Å². The fourth-order valence-electron chi connectivity index (χ4n) is 2.22. The Bertz CT molecular complexity index is 729. The van der Waals surface area contributed by atoms with E-state index in [1.807, 2.05) is 74.6 Å². The Morgan fingerprint density at radius 2 is 1.57 bits per heavy atom. The van der Waals surface area contributed by atoms with Crippen molar-refractivity contribution in [2.24, 2.45) is 0 Å². The molecule has 0 bridgehead atoms. The van der Waals surface area contributed by atoms with Crippen molar-refractivity contribution < 1.29 is 4.79 Å². The van der Waals surface area contributed by atoms with Crippen LogP contribution in [-0.4, -0.2) is 10.5 Å². The zero-order valence-electron chi connectivity index (χ0n) is 12.6. The van der Waals surface area contributed by atoms with E-state index in [0.717, 1.165) is 22.3 Å². The lowest BCUT2D eigenvalue weighted by molar-refractivity contribution is 0.0942. The van der Waals surface area contributed by atoms with Crippen LogP contribution >= 0.6 is 0 Å². The van der Waals surface area contributed by atoms with Crippen LogP contribution in [0.4, 0.5) is 11.4 Å². The molecule has 2 aromatic carbocycles. The van der Waals surface area contributed by atoms with Crippen molar-refractivity contribution in [2.75, 3.05) is 5.32 Å². The van der Waals surface area contributed by atoms with Gasteiger partial charge in [0.1, 0.15) is 0 Å². The number of hydrogen-bond acceptors (Lipinski definition) is 2. The van der Waals surface area contributed by atoms with Gasteiger partial charge in [0.05, 0.1) is 11.2 Å². The van der Waals surface area contributed by atoms with Gasteiger partial charge in [0, 0.05) is 24.2 Å². The second-order valence-corrected chi connectivity index (χ2v) is 4.44. The van der Waals surface area contributed by atoms with Crippen molar-refractivity contribution >= 4 is 28.2 Å². The van der Waals surface area contributed by atoms with Crippen molar-refractivity contribution in [3.05, 3.63) is 60.8 Å². The Morgan fingerprint density at radius 1 is 0.952 bits per heavy atom. The first-order valence-electron chi connectivity index (χ1n) is 7.19. The number of carbonyl (C=O) groups excluding carboxylic acids is 1. The van der Waals surface area contributed by atoms with Crippen LogP contribution in [0.15, 0.2) is 60.8 Å². The lowest BCUT2D eigenvalue weighted by Crippen LogP contribution is -2.02. The van der Waals surface area contributed by atoms with Gasteiger partial charge in [-0.1, -0.05) is 50.2 Å². The fraction of sp³-hybridized carbons (Fsp3) is 0.167. The van der Waals surface area contributed by atoms with E-state index in [1.165, 1.54) is 0 Å². The standard InChI is InChI=1S/C16H14N2O.C2H6/c1-12(19)18-11-15(14-9-5-6-10-16(14)18)17-13-7-3-2-4-8-13;1-2/h2-11,17H,1H3;1-2H3. The fourth-order valence-corrected chi connectivity index (χ4v) is 2.22. The summed E-state index contributed by atoms with van der Waals surface area (Å²) in [5.41, 5.74) is 2.87. The Balaban J connectivity index is 0.000000774. The van der Waals surface area contributed by atoms with Gasteiger partial charge < -0.3 is 5.32 Å². The summed E-state index contributed by atoms with van der Waals surface area (Å²) in [6.45, 7) is 5.57. The third kappa shape index (κ3) is 3.14. The summed E-state index contributed by atoms with van der Waals surface area (Å²) in [4.78, 5) is 11.7. The topological polar surface area (TPSA) is 34.0 Å². The molecule has 0 spiro atoms. The average Bonchev–Trinajstić information content (AvgIpc) is 2.90. The predicted octanol–water partition coefficient (Wildman–Crippen LogP) is 5.07. The van der Waals surface area contributed by atoms with Crippen LogP contribution in [-0.2, 0) is 0 Å². The van der Waals surface area contributed by atoms with Crippen LogP contribution < -0.4 is 5.32 Å². The number of fused-ring (bicyclic) bond motifs is 1. The van der Waals surface area contributed by atoms with E-state index in [1.54, 1.807) is 11.5 Å².